The summed E-state index contributed by atoms with van der Waals surface area (Å²) in [7, 11) is 0. The molecule has 1 fully saturated rings. The van der Waals surface area contributed by atoms with Gasteiger partial charge >= 0.3 is 0 Å². The molecule has 0 unspecified atom stereocenters. The van der Waals surface area contributed by atoms with Crippen molar-refractivity contribution in [2.24, 2.45) is 0 Å². The van der Waals surface area contributed by atoms with Crippen LogP contribution in [0.3, 0.4) is 0 Å². The van der Waals surface area contributed by atoms with Crippen molar-refractivity contribution < 1.29 is 0 Å². The van der Waals surface area contributed by atoms with Gasteiger partial charge in [-0.15, -0.1) is 22.0 Å². The first-order chi connectivity index (χ1) is 10.9. The Balaban J connectivity index is 1.41. The van der Waals surface area contributed by atoms with Crippen molar-refractivity contribution in [2.45, 2.75) is 23.7 Å². The summed E-state index contributed by atoms with van der Waals surface area (Å²) in [6, 6.07) is 10.4. The third-order valence-electron chi connectivity index (χ3n) is 3.70. The minimum absolute atomic E-state index is 0.582. The van der Waals surface area contributed by atoms with Gasteiger partial charge in [-0.3, -0.25) is 4.40 Å². The van der Waals surface area contributed by atoms with Crippen LogP contribution in [0.4, 0.5) is 5.82 Å². The number of hydrogen-bond donors (Lipinski definition) is 1. The lowest BCUT2D eigenvalue weighted by molar-refractivity contribution is 0.894. The van der Waals surface area contributed by atoms with E-state index in [1.54, 1.807) is 0 Å². The van der Waals surface area contributed by atoms with Gasteiger partial charge in [0.25, 0.3) is 0 Å². The Hall–Kier alpha value is -2.08. The number of fused-ring (bicyclic) bond motifs is 1. The van der Waals surface area contributed by atoms with Crippen LogP contribution in [0.25, 0.3) is 5.65 Å². The van der Waals surface area contributed by atoms with Crippen LogP contribution in [-0.4, -0.2) is 31.9 Å². The van der Waals surface area contributed by atoms with E-state index in [4.69, 9.17) is 0 Å². The van der Waals surface area contributed by atoms with Gasteiger partial charge in [0.05, 0.1) is 0 Å². The molecule has 0 radical (unpaired) electrons. The van der Waals surface area contributed by atoms with Gasteiger partial charge < -0.3 is 5.32 Å². The second kappa shape index (κ2) is 5.96. The molecule has 1 aromatic carbocycles. The number of nitrogens with zero attached hydrogens (tertiary/aromatic N) is 4. The molecule has 0 bridgehead atoms. The van der Waals surface area contributed by atoms with Crippen LogP contribution in [0.5, 0.6) is 0 Å². The van der Waals surface area contributed by atoms with E-state index >= 15 is 0 Å². The smallest absolute Gasteiger partial charge is 0.203 e. The maximum atomic E-state index is 4.40. The second-order valence-electron chi connectivity index (χ2n) is 5.39. The van der Waals surface area contributed by atoms with E-state index in [2.05, 4.69) is 49.2 Å². The highest BCUT2D eigenvalue weighted by Crippen LogP contribution is 2.39. The predicted molar refractivity (Wildman–Crippen MR) is 88.4 cm³/mol. The first-order valence-corrected chi connectivity index (χ1v) is 8.52. The van der Waals surface area contributed by atoms with E-state index in [9.17, 15) is 0 Å². The molecule has 0 amide bonds. The van der Waals surface area contributed by atoms with E-state index in [0.29, 0.717) is 5.92 Å². The highest BCUT2D eigenvalue weighted by atomic mass is 32.2. The molecule has 0 saturated heterocycles. The monoisotopic (exact) mass is 311 g/mol. The summed E-state index contributed by atoms with van der Waals surface area (Å²) in [5.74, 6) is 3.45. The molecule has 1 N–H and O–H groups in total. The highest BCUT2D eigenvalue weighted by Gasteiger charge is 2.29. The maximum Gasteiger partial charge on any atom is 0.203 e. The van der Waals surface area contributed by atoms with Gasteiger partial charge in [0, 0.05) is 35.5 Å². The molecule has 2 heterocycles. The average molecular weight is 311 g/mol. The van der Waals surface area contributed by atoms with Crippen LogP contribution < -0.4 is 5.32 Å². The summed E-state index contributed by atoms with van der Waals surface area (Å²) < 4.78 is 2.07. The summed E-state index contributed by atoms with van der Waals surface area (Å²) in [4.78, 5) is 5.69. The number of hydrogen-bond acceptors (Lipinski definition) is 5. The van der Waals surface area contributed by atoms with E-state index in [0.717, 1.165) is 29.6 Å². The molecule has 6 heteroatoms. The topological polar surface area (TPSA) is 55.1 Å². The van der Waals surface area contributed by atoms with E-state index in [-0.39, 0.29) is 0 Å². The van der Waals surface area contributed by atoms with Crippen molar-refractivity contribution in [3.05, 3.63) is 48.5 Å². The number of nitrogens with one attached hydrogen (secondary N) is 1. The Labute approximate surface area is 133 Å². The Bertz CT molecular complexity index is 767. The van der Waals surface area contributed by atoms with Gasteiger partial charge in [0.1, 0.15) is 5.82 Å². The van der Waals surface area contributed by atoms with Crippen molar-refractivity contribution in [2.75, 3.05) is 17.6 Å². The molecule has 22 heavy (non-hydrogen) atoms. The fourth-order valence-corrected chi connectivity index (χ4v) is 3.23. The van der Waals surface area contributed by atoms with Crippen LogP contribution in [0.15, 0.2) is 47.6 Å². The standard InChI is InChI=1S/C16H17N5S/c1-2-4-13(5-3-1)22-11-9-18-14-16-20-19-15(12-6-7-12)21(16)10-8-17-14/h1-5,8,10,12H,6-7,9,11H2,(H,17,18). The molecule has 2 aromatic heterocycles. The van der Waals surface area contributed by atoms with Crippen LogP contribution >= 0.6 is 11.8 Å². The first-order valence-electron chi connectivity index (χ1n) is 7.53. The molecule has 112 valence electrons. The second-order valence-corrected chi connectivity index (χ2v) is 6.56. The summed E-state index contributed by atoms with van der Waals surface area (Å²) in [6.07, 6.45) is 6.21. The van der Waals surface area contributed by atoms with Gasteiger partial charge in [0.15, 0.2) is 5.82 Å². The molecule has 5 nitrogen and oxygen atoms in total. The molecule has 4 rings (SSSR count). The summed E-state index contributed by atoms with van der Waals surface area (Å²) in [5, 5.41) is 12.0. The maximum absolute atomic E-state index is 4.40. The summed E-state index contributed by atoms with van der Waals surface area (Å²) in [6.45, 7) is 0.845. The molecule has 1 aliphatic carbocycles. The first kappa shape index (κ1) is 13.6. The van der Waals surface area contributed by atoms with E-state index in [1.165, 1.54) is 17.7 Å². The third-order valence-corrected chi connectivity index (χ3v) is 4.72. The van der Waals surface area contributed by atoms with Crippen LogP contribution in [0.2, 0.25) is 0 Å². The Morgan fingerprint density at radius 3 is 2.86 bits per heavy atom. The van der Waals surface area contributed by atoms with Gasteiger partial charge in [-0.1, -0.05) is 18.2 Å². The van der Waals surface area contributed by atoms with Gasteiger partial charge in [-0.25, -0.2) is 4.98 Å². The van der Waals surface area contributed by atoms with Crippen molar-refractivity contribution in [3.8, 4) is 0 Å². The fraction of sp³-hybridized carbons (Fsp3) is 0.312. The number of thioether (sulfide) groups is 1. The molecule has 1 saturated carbocycles. The number of aromatic nitrogens is 4. The third kappa shape index (κ3) is 2.78. The zero-order valence-electron chi connectivity index (χ0n) is 12.1. The Morgan fingerprint density at radius 1 is 1.18 bits per heavy atom. The number of rotatable bonds is 6. The Morgan fingerprint density at radius 2 is 2.05 bits per heavy atom. The predicted octanol–water partition coefficient (Wildman–Crippen LogP) is 3.21. The lowest BCUT2D eigenvalue weighted by Crippen LogP contribution is -2.07. The van der Waals surface area contributed by atoms with Crippen molar-refractivity contribution >= 4 is 23.2 Å². The van der Waals surface area contributed by atoms with Crippen molar-refractivity contribution in [3.63, 3.8) is 0 Å². The van der Waals surface area contributed by atoms with Crippen molar-refractivity contribution in [1.29, 1.82) is 0 Å². The van der Waals surface area contributed by atoms with Crippen molar-refractivity contribution in [1.82, 2.24) is 19.6 Å². The van der Waals surface area contributed by atoms with Gasteiger partial charge in [-0.05, 0) is 25.0 Å². The zero-order valence-corrected chi connectivity index (χ0v) is 13.0. The minimum atomic E-state index is 0.582. The molecule has 1 aliphatic rings. The summed E-state index contributed by atoms with van der Waals surface area (Å²) >= 11 is 1.83. The van der Waals surface area contributed by atoms with E-state index in [1.807, 2.05) is 30.2 Å². The van der Waals surface area contributed by atoms with Gasteiger partial charge in [0.2, 0.25) is 5.65 Å². The van der Waals surface area contributed by atoms with Gasteiger partial charge in [-0.2, -0.15) is 0 Å². The number of benzene rings is 1. The average Bonchev–Trinajstić information content (AvgIpc) is 3.32. The normalized spacial score (nSPS) is 14.4. The lowest BCUT2D eigenvalue weighted by Gasteiger charge is -2.06. The minimum Gasteiger partial charge on any atom is -0.366 e. The molecule has 0 atom stereocenters. The van der Waals surface area contributed by atoms with Crippen LogP contribution in [0.1, 0.15) is 24.6 Å². The van der Waals surface area contributed by atoms with Crippen LogP contribution in [-0.2, 0) is 0 Å². The summed E-state index contributed by atoms with van der Waals surface area (Å²) in [5.41, 5.74) is 0.828. The quantitative estimate of drug-likeness (QED) is 0.559. The fourth-order valence-electron chi connectivity index (χ4n) is 2.44. The molecule has 0 spiro atoms. The Kier molecular flexibility index (Phi) is 3.68. The van der Waals surface area contributed by atoms with Crippen LogP contribution in [0, 0.1) is 0 Å². The van der Waals surface area contributed by atoms with E-state index < -0.39 is 0 Å². The molecular formula is C16H17N5S. The zero-order chi connectivity index (χ0) is 14.8. The lowest BCUT2D eigenvalue weighted by atomic mass is 10.4. The SMILES string of the molecule is c1ccc(SCCNc2nccn3c(C4CC4)nnc23)cc1. The number of anilines is 1. The molecular weight excluding hydrogens is 294 g/mol. The largest absolute Gasteiger partial charge is 0.366 e. The molecule has 0 aliphatic heterocycles. The molecule has 3 aromatic rings. The highest BCUT2D eigenvalue weighted by molar-refractivity contribution is 7.99.